The van der Waals surface area contributed by atoms with Crippen LogP contribution in [-0.2, 0) is 0 Å². The highest BCUT2D eigenvalue weighted by Crippen LogP contribution is 2.29. The molecule has 2 rings (SSSR count). The molecule has 0 fully saturated rings. The number of carbonyl (C=O) groups excluding carboxylic acids is 1. The molecule has 0 spiro atoms. The zero-order chi connectivity index (χ0) is 15.4. The number of anilines is 1. The van der Waals surface area contributed by atoms with Crippen molar-refractivity contribution in [2.45, 2.75) is 13.8 Å². The molecular weight excluding hydrogens is 268 g/mol. The van der Waals surface area contributed by atoms with Crippen LogP contribution in [0.3, 0.4) is 0 Å². The first-order chi connectivity index (χ1) is 10.0. The number of methoxy groups -OCH3 is 2. The van der Waals surface area contributed by atoms with Crippen molar-refractivity contribution >= 4 is 11.6 Å². The van der Waals surface area contributed by atoms with Gasteiger partial charge in [-0.25, -0.2) is 4.98 Å². The molecule has 1 heterocycles. The van der Waals surface area contributed by atoms with E-state index in [0.29, 0.717) is 22.9 Å². The van der Waals surface area contributed by atoms with Gasteiger partial charge in [-0.1, -0.05) is 0 Å². The van der Waals surface area contributed by atoms with Crippen LogP contribution in [0.1, 0.15) is 21.7 Å². The number of benzene rings is 1. The molecule has 110 valence electrons. The van der Waals surface area contributed by atoms with E-state index in [-0.39, 0.29) is 5.91 Å². The van der Waals surface area contributed by atoms with Gasteiger partial charge in [0.1, 0.15) is 17.2 Å². The van der Waals surface area contributed by atoms with Crippen LogP contribution in [0, 0.1) is 13.8 Å². The molecule has 0 aliphatic heterocycles. The van der Waals surface area contributed by atoms with Gasteiger partial charge in [0.25, 0.3) is 5.91 Å². The van der Waals surface area contributed by atoms with Crippen molar-refractivity contribution in [3.05, 3.63) is 47.3 Å². The second-order valence-corrected chi connectivity index (χ2v) is 4.69. The quantitative estimate of drug-likeness (QED) is 0.938. The Bertz CT molecular complexity index is 648. The molecule has 0 unspecified atom stereocenters. The van der Waals surface area contributed by atoms with Gasteiger partial charge in [0, 0.05) is 11.8 Å². The maximum Gasteiger partial charge on any atom is 0.274 e. The maximum absolute atomic E-state index is 12.3. The zero-order valence-electron chi connectivity index (χ0n) is 12.6. The third-order valence-electron chi connectivity index (χ3n) is 2.99. The Morgan fingerprint density at radius 3 is 2.48 bits per heavy atom. The predicted molar refractivity (Wildman–Crippen MR) is 81.2 cm³/mol. The highest BCUT2D eigenvalue weighted by Gasteiger charge is 2.12. The number of amides is 1. The lowest BCUT2D eigenvalue weighted by molar-refractivity contribution is 0.102. The number of hydrogen-bond acceptors (Lipinski definition) is 4. The minimum Gasteiger partial charge on any atom is -0.497 e. The normalized spacial score (nSPS) is 10.1. The van der Waals surface area contributed by atoms with E-state index in [2.05, 4.69) is 10.3 Å². The summed E-state index contributed by atoms with van der Waals surface area (Å²) in [5, 5.41) is 2.80. The third kappa shape index (κ3) is 3.51. The molecule has 0 radical (unpaired) electrons. The van der Waals surface area contributed by atoms with Crippen molar-refractivity contribution in [2.24, 2.45) is 0 Å². The largest absolute Gasteiger partial charge is 0.497 e. The van der Waals surface area contributed by atoms with Gasteiger partial charge in [0.2, 0.25) is 0 Å². The van der Waals surface area contributed by atoms with Crippen LogP contribution in [0.15, 0.2) is 30.3 Å². The molecule has 0 atom stereocenters. The Kier molecular flexibility index (Phi) is 4.42. The summed E-state index contributed by atoms with van der Waals surface area (Å²) < 4.78 is 10.4. The summed E-state index contributed by atoms with van der Waals surface area (Å²) in [6.07, 6.45) is 0. The molecule has 1 amide bonds. The maximum atomic E-state index is 12.3. The van der Waals surface area contributed by atoms with E-state index in [4.69, 9.17) is 9.47 Å². The first-order valence-corrected chi connectivity index (χ1v) is 6.52. The van der Waals surface area contributed by atoms with Crippen LogP contribution < -0.4 is 14.8 Å². The van der Waals surface area contributed by atoms with Gasteiger partial charge >= 0.3 is 0 Å². The average Bonchev–Trinajstić information content (AvgIpc) is 2.46. The van der Waals surface area contributed by atoms with Gasteiger partial charge < -0.3 is 14.8 Å². The van der Waals surface area contributed by atoms with Crippen molar-refractivity contribution < 1.29 is 14.3 Å². The molecule has 1 N–H and O–H groups in total. The average molecular weight is 286 g/mol. The summed E-state index contributed by atoms with van der Waals surface area (Å²) in [7, 11) is 3.12. The molecule has 0 saturated heterocycles. The molecule has 0 aliphatic rings. The van der Waals surface area contributed by atoms with E-state index in [0.717, 1.165) is 11.3 Å². The number of aryl methyl sites for hydroxylation is 2. The number of aromatic nitrogens is 1. The molecule has 1 aromatic carbocycles. The van der Waals surface area contributed by atoms with E-state index < -0.39 is 0 Å². The minimum absolute atomic E-state index is 0.273. The minimum atomic E-state index is -0.273. The van der Waals surface area contributed by atoms with Crippen LogP contribution in [-0.4, -0.2) is 25.1 Å². The number of nitrogens with one attached hydrogen (secondary N) is 1. The first kappa shape index (κ1) is 14.8. The number of ether oxygens (including phenoxy) is 2. The van der Waals surface area contributed by atoms with Crippen molar-refractivity contribution in [1.29, 1.82) is 0 Å². The highest BCUT2D eigenvalue weighted by atomic mass is 16.5. The van der Waals surface area contributed by atoms with Crippen LogP contribution in [0.2, 0.25) is 0 Å². The van der Waals surface area contributed by atoms with Gasteiger partial charge in [-0.2, -0.15) is 0 Å². The lowest BCUT2D eigenvalue weighted by Crippen LogP contribution is -2.15. The Morgan fingerprint density at radius 1 is 1.10 bits per heavy atom. The second kappa shape index (κ2) is 6.26. The zero-order valence-corrected chi connectivity index (χ0v) is 12.6. The number of carbonyl (C=O) groups is 1. The van der Waals surface area contributed by atoms with Crippen molar-refractivity contribution in [3.8, 4) is 11.5 Å². The fraction of sp³-hybridized carbons (Fsp3) is 0.250. The molecule has 1 aromatic heterocycles. The van der Waals surface area contributed by atoms with Crippen LogP contribution in [0.25, 0.3) is 0 Å². The monoisotopic (exact) mass is 286 g/mol. The fourth-order valence-corrected chi connectivity index (χ4v) is 2.05. The van der Waals surface area contributed by atoms with Crippen LogP contribution >= 0.6 is 0 Å². The molecule has 5 nitrogen and oxygen atoms in total. The smallest absolute Gasteiger partial charge is 0.274 e. The summed E-state index contributed by atoms with van der Waals surface area (Å²) in [6.45, 7) is 3.79. The van der Waals surface area contributed by atoms with Gasteiger partial charge in [0.05, 0.1) is 19.9 Å². The highest BCUT2D eigenvalue weighted by molar-refractivity contribution is 6.03. The molecule has 0 saturated carbocycles. The Balaban J connectivity index is 2.26. The molecule has 21 heavy (non-hydrogen) atoms. The SMILES string of the molecule is COc1ccc(NC(=O)c2cc(C)cc(C)n2)c(OC)c1. The molecule has 0 aliphatic carbocycles. The topological polar surface area (TPSA) is 60.5 Å². The predicted octanol–water partition coefficient (Wildman–Crippen LogP) is 2.97. The Hall–Kier alpha value is -2.56. The molecular formula is C16H18N2O3. The van der Waals surface area contributed by atoms with Crippen molar-refractivity contribution in [2.75, 3.05) is 19.5 Å². The lowest BCUT2D eigenvalue weighted by Gasteiger charge is -2.11. The molecule has 5 heteroatoms. The van der Waals surface area contributed by atoms with E-state index in [1.165, 1.54) is 0 Å². The number of hydrogen-bond donors (Lipinski definition) is 1. The number of nitrogens with zero attached hydrogens (tertiary/aromatic N) is 1. The summed E-state index contributed by atoms with van der Waals surface area (Å²) in [4.78, 5) is 16.5. The van der Waals surface area contributed by atoms with Crippen molar-refractivity contribution in [3.63, 3.8) is 0 Å². The Morgan fingerprint density at radius 2 is 1.86 bits per heavy atom. The summed E-state index contributed by atoms with van der Waals surface area (Å²) in [5.41, 5.74) is 2.76. The summed E-state index contributed by atoms with van der Waals surface area (Å²) in [5.74, 6) is 0.923. The van der Waals surface area contributed by atoms with Gasteiger partial charge in [-0.05, 0) is 43.7 Å². The summed E-state index contributed by atoms with van der Waals surface area (Å²) >= 11 is 0. The second-order valence-electron chi connectivity index (χ2n) is 4.69. The standard InChI is InChI=1S/C16H18N2O3/c1-10-7-11(2)17-14(8-10)16(19)18-13-6-5-12(20-3)9-15(13)21-4/h5-9H,1-4H3,(H,18,19). The van der Waals surface area contributed by atoms with E-state index in [1.807, 2.05) is 19.9 Å². The van der Waals surface area contributed by atoms with E-state index >= 15 is 0 Å². The van der Waals surface area contributed by atoms with Crippen LogP contribution in [0.4, 0.5) is 5.69 Å². The summed E-state index contributed by atoms with van der Waals surface area (Å²) in [6, 6.07) is 8.87. The van der Waals surface area contributed by atoms with Crippen LogP contribution in [0.5, 0.6) is 11.5 Å². The van der Waals surface area contributed by atoms with Gasteiger partial charge in [-0.3, -0.25) is 4.79 Å². The molecule has 2 aromatic rings. The molecule has 0 bridgehead atoms. The number of rotatable bonds is 4. The van der Waals surface area contributed by atoms with Crippen molar-refractivity contribution in [1.82, 2.24) is 4.98 Å². The van der Waals surface area contributed by atoms with E-state index in [9.17, 15) is 4.79 Å². The fourth-order valence-electron chi connectivity index (χ4n) is 2.05. The first-order valence-electron chi connectivity index (χ1n) is 6.52. The third-order valence-corrected chi connectivity index (χ3v) is 2.99. The van der Waals surface area contributed by atoms with Gasteiger partial charge in [-0.15, -0.1) is 0 Å². The Labute approximate surface area is 123 Å². The van der Waals surface area contributed by atoms with E-state index in [1.54, 1.807) is 38.5 Å². The number of pyridine rings is 1. The lowest BCUT2D eigenvalue weighted by atomic mass is 10.2. The van der Waals surface area contributed by atoms with Gasteiger partial charge in [0.15, 0.2) is 0 Å².